The number of hydrogen-bond donors (Lipinski definition) is 3. The first-order valence-corrected chi connectivity index (χ1v) is 13.5. The lowest BCUT2D eigenvalue weighted by molar-refractivity contribution is -0.139. The van der Waals surface area contributed by atoms with Crippen molar-refractivity contribution in [3.63, 3.8) is 0 Å². The Morgan fingerprint density at radius 1 is 1.35 bits per heavy atom. The Hall–Kier alpha value is -1.38. The van der Waals surface area contributed by atoms with E-state index >= 15 is 0 Å². The highest BCUT2D eigenvalue weighted by Crippen LogP contribution is 2.40. The molecule has 2 heterocycles. The Balaban J connectivity index is 1.86. The van der Waals surface area contributed by atoms with Gasteiger partial charge in [-0.1, -0.05) is 54.0 Å². The molecule has 2 aliphatic rings. The van der Waals surface area contributed by atoms with Gasteiger partial charge in [-0.15, -0.1) is 0 Å². The maximum atomic E-state index is 12.8. The molecule has 0 bridgehead atoms. The van der Waals surface area contributed by atoms with Gasteiger partial charge in [0.1, 0.15) is 6.04 Å². The van der Waals surface area contributed by atoms with E-state index in [4.69, 9.17) is 0 Å². The maximum absolute atomic E-state index is 12.8. The van der Waals surface area contributed by atoms with E-state index in [2.05, 4.69) is 5.32 Å². The van der Waals surface area contributed by atoms with Crippen molar-refractivity contribution >= 4 is 39.2 Å². The second kappa shape index (κ2) is 11.0. The van der Waals surface area contributed by atoms with Gasteiger partial charge in [-0.25, -0.2) is 0 Å². The van der Waals surface area contributed by atoms with Crippen LogP contribution in [0.15, 0.2) is 18.2 Å². The number of carboxylic acid groups (broad SMARTS) is 1. The third-order valence-electron chi connectivity index (χ3n) is 6.29. The molecule has 0 aromatic heterocycles. The molecule has 3 rings (SSSR count). The number of aliphatic carboxylic acids is 1. The molecule has 2 aliphatic heterocycles. The van der Waals surface area contributed by atoms with E-state index in [1.807, 2.05) is 65.6 Å². The van der Waals surface area contributed by atoms with Crippen molar-refractivity contribution in [3.8, 4) is 0 Å². The van der Waals surface area contributed by atoms with Gasteiger partial charge < -0.3 is 20.4 Å². The van der Waals surface area contributed by atoms with Gasteiger partial charge in [0.15, 0.2) is 0 Å². The van der Waals surface area contributed by atoms with E-state index in [0.29, 0.717) is 18.1 Å². The van der Waals surface area contributed by atoms with E-state index in [9.17, 15) is 19.8 Å². The average molecular weight is 467 g/mol. The van der Waals surface area contributed by atoms with Crippen LogP contribution in [0.3, 0.4) is 0 Å². The lowest BCUT2D eigenvalue weighted by Crippen LogP contribution is -2.54. The summed E-state index contributed by atoms with van der Waals surface area (Å²) in [6.45, 7) is 3.87. The predicted molar refractivity (Wildman–Crippen MR) is 129 cm³/mol. The van der Waals surface area contributed by atoms with Crippen molar-refractivity contribution in [1.29, 1.82) is 0 Å². The van der Waals surface area contributed by atoms with Gasteiger partial charge in [0.2, 0.25) is 5.91 Å². The third-order valence-corrected chi connectivity index (χ3v) is 9.29. The van der Waals surface area contributed by atoms with Crippen LogP contribution in [0, 0.1) is 5.92 Å². The lowest BCUT2D eigenvalue weighted by Gasteiger charge is -2.37. The molecule has 0 saturated carbocycles. The molecule has 31 heavy (non-hydrogen) atoms. The molecular weight excluding hydrogens is 432 g/mol. The third kappa shape index (κ3) is 5.90. The molecule has 6 nitrogen and oxygen atoms in total. The highest BCUT2D eigenvalue weighted by Gasteiger charge is 2.33. The largest absolute Gasteiger partial charge is 0.481 e. The molecular formula is C23H34N2O4S2. The summed E-state index contributed by atoms with van der Waals surface area (Å²) in [5, 5.41) is 23.3. The smallest absolute Gasteiger partial charge is 0.310 e. The van der Waals surface area contributed by atoms with Crippen molar-refractivity contribution < 1.29 is 19.8 Å². The van der Waals surface area contributed by atoms with Crippen LogP contribution in [0.25, 0.3) is 0 Å². The summed E-state index contributed by atoms with van der Waals surface area (Å²) in [5.74, 6) is -0.198. The minimum atomic E-state index is -0.798. The van der Waals surface area contributed by atoms with Gasteiger partial charge in [0.05, 0.1) is 18.6 Å². The minimum absolute atomic E-state index is 0.0657. The van der Waals surface area contributed by atoms with Crippen molar-refractivity contribution in [3.05, 3.63) is 29.3 Å². The maximum Gasteiger partial charge on any atom is 0.310 e. The molecule has 1 fully saturated rings. The number of likely N-dealkylation sites (N-methyl/N-ethyl adjacent to an activating group) is 1. The van der Waals surface area contributed by atoms with Gasteiger partial charge in [-0.05, 0) is 48.8 Å². The molecule has 0 aliphatic carbocycles. The number of anilines is 1. The van der Waals surface area contributed by atoms with Crippen LogP contribution in [-0.4, -0.2) is 58.8 Å². The fourth-order valence-corrected chi connectivity index (χ4v) is 7.66. The number of rotatable bonds is 8. The van der Waals surface area contributed by atoms with Crippen LogP contribution < -0.4 is 10.2 Å². The number of carboxylic acids is 1. The summed E-state index contributed by atoms with van der Waals surface area (Å²) >= 11 is 0. The van der Waals surface area contributed by atoms with Crippen LogP contribution in [0.2, 0.25) is 0 Å². The number of nitrogens with one attached hydrogen (secondary N) is 1. The molecule has 2 unspecified atom stereocenters. The van der Waals surface area contributed by atoms with E-state index in [1.54, 1.807) is 0 Å². The number of carbonyl (C=O) groups excluding carboxylic acids is 1. The SMILES string of the molecule is CC(C)C1C(=O)N[C@H](CO)Cc2ccc([C@H](CCCC3CCSS3)C(=O)O)cc2N1C. The van der Waals surface area contributed by atoms with Gasteiger partial charge in [0.25, 0.3) is 0 Å². The van der Waals surface area contributed by atoms with Gasteiger partial charge in [-0.2, -0.15) is 0 Å². The quantitative estimate of drug-likeness (QED) is 0.504. The van der Waals surface area contributed by atoms with E-state index < -0.39 is 11.9 Å². The molecule has 1 amide bonds. The fourth-order valence-electron chi connectivity index (χ4n) is 4.63. The molecule has 1 aromatic rings. The summed E-state index contributed by atoms with van der Waals surface area (Å²) in [6, 6.07) is 5.11. The molecule has 4 atom stereocenters. The van der Waals surface area contributed by atoms with Crippen LogP contribution in [-0.2, 0) is 16.0 Å². The molecule has 1 aromatic carbocycles. The molecule has 172 valence electrons. The highest BCUT2D eigenvalue weighted by atomic mass is 33.1. The zero-order chi connectivity index (χ0) is 22.5. The molecule has 1 saturated heterocycles. The first kappa shape index (κ1) is 24.3. The van der Waals surface area contributed by atoms with Gasteiger partial charge in [-0.3, -0.25) is 9.59 Å². The Kier molecular flexibility index (Phi) is 8.58. The van der Waals surface area contributed by atoms with Gasteiger partial charge in [0, 0.05) is 23.7 Å². The van der Waals surface area contributed by atoms with E-state index in [0.717, 1.165) is 29.7 Å². The van der Waals surface area contributed by atoms with Crippen molar-refractivity contribution in [2.45, 2.75) is 69.2 Å². The first-order valence-electron chi connectivity index (χ1n) is 11.1. The second-order valence-corrected chi connectivity index (χ2v) is 11.7. The Bertz CT molecular complexity index is 783. The summed E-state index contributed by atoms with van der Waals surface area (Å²) in [6.07, 6.45) is 4.29. The number of amides is 1. The van der Waals surface area contributed by atoms with Crippen molar-refractivity contribution in [1.82, 2.24) is 5.32 Å². The monoisotopic (exact) mass is 466 g/mol. The summed E-state index contributed by atoms with van der Waals surface area (Å²) < 4.78 is 0. The zero-order valence-electron chi connectivity index (χ0n) is 18.5. The van der Waals surface area contributed by atoms with Crippen molar-refractivity contribution in [2.75, 3.05) is 24.3 Å². The Labute approximate surface area is 192 Å². The summed E-state index contributed by atoms with van der Waals surface area (Å²) in [5.41, 5.74) is 2.69. The first-order chi connectivity index (χ1) is 14.8. The molecule has 0 radical (unpaired) electrons. The fraction of sp³-hybridized carbons (Fsp3) is 0.652. The number of hydrogen-bond acceptors (Lipinski definition) is 6. The van der Waals surface area contributed by atoms with Crippen molar-refractivity contribution in [2.24, 2.45) is 5.92 Å². The topological polar surface area (TPSA) is 89.9 Å². The molecule has 3 N–H and O–H groups in total. The standard InChI is InChI=1S/C23H34N2O4S2/c1-14(2)21-22(27)24-17(13-26)11-16-8-7-15(12-20(16)25(21)3)19(23(28)29)6-4-5-18-9-10-30-31-18/h7-8,12,14,17-19,21,26H,4-6,9-11,13H2,1-3H3,(H,24,27)(H,28,29)/t17-,18?,19-,21?/m0/s1. The minimum Gasteiger partial charge on any atom is -0.481 e. The second-order valence-electron chi connectivity index (χ2n) is 8.93. The summed E-state index contributed by atoms with van der Waals surface area (Å²) in [4.78, 5) is 26.9. The number of aliphatic hydroxyl groups is 1. The lowest BCUT2D eigenvalue weighted by atomic mass is 9.89. The van der Waals surface area contributed by atoms with E-state index in [-0.39, 0.29) is 30.5 Å². The Morgan fingerprint density at radius 3 is 2.74 bits per heavy atom. The number of aliphatic hydroxyl groups excluding tert-OH is 1. The van der Waals surface area contributed by atoms with Crippen LogP contribution >= 0.6 is 21.6 Å². The zero-order valence-corrected chi connectivity index (χ0v) is 20.2. The Morgan fingerprint density at radius 2 is 2.13 bits per heavy atom. The van der Waals surface area contributed by atoms with Crippen LogP contribution in [0.4, 0.5) is 5.69 Å². The number of carbonyl (C=O) groups is 2. The van der Waals surface area contributed by atoms with Gasteiger partial charge >= 0.3 is 5.97 Å². The predicted octanol–water partition coefficient (Wildman–Crippen LogP) is 3.67. The number of fused-ring (bicyclic) bond motifs is 1. The normalized spacial score (nSPS) is 25.0. The molecule has 0 spiro atoms. The number of nitrogens with zero attached hydrogens (tertiary/aromatic N) is 1. The summed E-state index contributed by atoms with van der Waals surface area (Å²) in [7, 11) is 5.74. The van der Waals surface area contributed by atoms with E-state index in [1.165, 1.54) is 12.2 Å². The van der Waals surface area contributed by atoms with Crippen LogP contribution in [0.5, 0.6) is 0 Å². The average Bonchev–Trinajstić information content (AvgIpc) is 3.23. The highest BCUT2D eigenvalue weighted by molar-refractivity contribution is 8.77. The molecule has 8 heteroatoms. The number of benzene rings is 1. The van der Waals surface area contributed by atoms with Crippen LogP contribution in [0.1, 0.15) is 56.6 Å².